The average Bonchev–Trinajstić information content (AvgIpc) is 2.94. The fourth-order valence-corrected chi connectivity index (χ4v) is 5.95. The zero-order valence-corrected chi connectivity index (χ0v) is 20.9. The minimum Gasteiger partial charge on any atom is -0.357 e. The molecule has 2 aliphatic carbocycles. The summed E-state index contributed by atoms with van der Waals surface area (Å²) in [7, 11) is 0. The highest BCUT2D eigenvalue weighted by atomic mass is 19.1. The van der Waals surface area contributed by atoms with E-state index in [0.717, 1.165) is 43.1 Å². The summed E-state index contributed by atoms with van der Waals surface area (Å²) in [5.74, 6) is -1.68. The highest BCUT2D eigenvalue weighted by Crippen LogP contribution is 2.48. The van der Waals surface area contributed by atoms with Crippen LogP contribution in [0.4, 0.5) is 20.2 Å². The van der Waals surface area contributed by atoms with Gasteiger partial charge < -0.3 is 15.5 Å². The number of nitrogens with one attached hydrogen (secondary N) is 2. The monoisotopic (exact) mass is 493 g/mol. The third kappa shape index (κ3) is 4.88. The van der Waals surface area contributed by atoms with Crippen LogP contribution in [0, 0.1) is 17.0 Å². The van der Waals surface area contributed by atoms with E-state index in [4.69, 9.17) is 0 Å². The second kappa shape index (κ2) is 9.68. The van der Waals surface area contributed by atoms with Crippen molar-refractivity contribution in [1.82, 2.24) is 5.32 Å². The Morgan fingerprint density at radius 1 is 1.08 bits per heavy atom. The van der Waals surface area contributed by atoms with Gasteiger partial charge in [0, 0.05) is 35.4 Å². The number of rotatable bonds is 4. The van der Waals surface area contributed by atoms with Crippen LogP contribution >= 0.6 is 0 Å². The number of para-hydroxylation sites is 2. The summed E-state index contributed by atoms with van der Waals surface area (Å²) in [5, 5.41) is 6.61. The second-order valence-electron chi connectivity index (χ2n) is 11.1. The van der Waals surface area contributed by atoms with Gasteiger partial charge in [0.15, 0.2) is 5.78 Å². The molecule has 1 heterocycles. The predicted molar refractivity (Wildman–Crippen MR) is 137 cm³/mol. The summed E-state index contributed by atoms with van der Waals surface area (Å²) >= 11 is 0. The van der Waals surface area contributed by atoms with E-state index < -0.39 is 17.7 Å². The number of amides is 1. The van der Waals surface area contributed by atoms with Crippen LogP contribution < -0.4 is 15.5 Å². The van der Waals surface area contributed by atoms with Crippen LogP contribution in [-0.4, -0.2) is 24.3 Å². The quantitative estimate of drug-likeness (QED) is 0.546. The lowest BCUT2D eigenvalue weighted by Crippen LogP contribution is -2.45. The van der Waals surface area contributed by atoms with Gasteiger partial charge in [-0.1, -0.05) is 51.3 Å². The van der Waals surface area contributed by atoms with Gasteiger partial charge in [-0.05, 0) is 42.9 Å². The van der Waals surface area contributed by atoms with Crippen LogP contribution in [0.1, 0.15) is 70.4 Å². The van der Waals surface area contributed by atoms with Crippen molar-refractivity contribution in [3.63, 3.8) is 0 Å². The van der Waals surface area contributed by atoms with Gasteiger partial charge in [-0.15, -0.1) is 0 Å². The van der Waals surface area contributed by atoms with E-state index in [1.54, 1.807) is 4.90 Å². The largest absolute Gasteiger partial charge is 0.357 e. The normalized spacial score (nSPS) is 21.8. The van der Waals surface area contributed by atoms with E-state index in [1.165, 1.54) is 18.6 Å². The van der Waals surface area contributed by atoms with Crippen LogP contribution in [-0.2, 0) is 9.59 Å². The molecule has 3 aliphatic rings. The number of carbonyl (C=O) groups is 2. The SMILES string of the molecule is CC1(C)CC(=O)C2=C(C1)Nc1ccccc1N(CC(=O)NC1CCCCC1)C2c1ccc(F)cc1F. The Morgan fingerprint density at radius 3 is 2.58 bits per heavy atom. The molecule has 2 N–H and O–H groups in total. The molecule has 0 aromatic heterocycles. The van der Waals surface area contributed by atoms with E-state index in [0.29, 0.717) is 24.1 Å². The van der Waals surface area contributed by atoms with Gasteiger partial charge in [0.1, 0.15) is 11.6 Å². The molecule has 7 heteroatoms. The molecule has 0 spiro atoms. The molecule has 5 rings (SSSR count). The van der Waals surface area contributed by atoms with Gasteiger partial charge in [-0.25, -0.2) is 8.78 Å². The molecule has 0 saturated heterocycles. The molecule has 2 aromatic rings. The van der Waals surface area contributed by atoms with Gasteiger partial charge in [-0.2, -0.15) is 0 Å². The van der Waals surface area contributed by atoms with E-state index in [2.05, 4.69) is 10.6 Å². The maximum absolute atomic E-state index is 15.3. The van der Waals surface area contributed by atoms with Gasteiger partial charge in [-0.3, -0.25) is 9.59 Å². The Hall–Kier alpha value is -3.22. The number of hydrogen-bond donors (Lipinski definition) is 2. The molecule has 0 radical (unpaired) electrons. The first kappa shape index (κ1) is 24.5. The summed E-state index contributed by atoms with van der Waals surface area (Å²) in [6.07, 6.45) is 6.16. The molecule has 1 fully saturated rings. The van der Waals surface area contributed by atoms with Crippen molar-refractivity contribution in [2.24, 2.45) is 5.41 Å². The molecule has 1 unspecified atom stereocenters. The number of Topliss-reactive ketones (excluding diaryl/α,β-unsaturated/α-hetero) is 1. The summed E-state index contributed by atoms with van der Waals surface area (Å²) in [6, 6.07) is 10.2. The maximum atomic E-state index is 15.3. The summed E-state index contributed by atoms with van der Waals surface area (Å²) in [5.41, 5.74) is 2.54. The first-order chi connectivity index (χ1) is 17.2. The molecule has 1 atom stereocenters. The second-order valence-corrected chi connectivity index (χ2v) is 11.1. The zero-order valence-electron chi connectivity index (χ0n) is 20.9. The molecule has 36 heavy (non-hydrogen) atoms. The third-order valence-corrected chi connectivity index (χ3v) is 7.55. The molecule has 1 aliphatic heterocycles. The van der Waals surface area contributed by atoms with Crippen LogP contribution in [0.25, 0.3) is 0 Å². The van der Waals surface area contributed by atoms with Crippen molar-refractivity contribution >= 4 is 23.1 Å². The third-order valence-electron chi connectivity index (χ3n) is 7.55. The highest BCUT2D eigenvalue weighted by molar-refractivity contribution is 6.01. The van der Waals surface area contributed by atoms with Gasteiger partial charge in [0.25, 0.3) is 0 Å². The number of ketones is 1. The summed E-state index contributed by atoms with van der Waals surface area (Å²) < 4.78 is 29.2. The van der Waals surface area contributed by atoms with Crippen LogP contribution in [0.15, 0.2) is 53.7 Å². The van der Waals surface area contributed by atoms with Gasteiger partial charge in [0.2, 0.25) is 5.91 Å². The lowest BCUT2D eigenvalue weighted by atomic mass is 9.73. The number of carbonyl (C=O) groups excluding carboxylic acids is 2. The van der Waals surface area contributed by atoms with Gasteiger partial charge >= 0.3 is 0 Å². The first-order valence-electron chi connectivity index (χ1n) is 12.8. The Labute approximate surface area is 210 Å². The average molecular weight is 494 g/mol. The number of allylic oxidation sites excluding steroid dienone is 1. The molecule has 0 bridgehead atoms. The number of nitrogens with zero attached hydrogens (tertiary/aromatic N) is 1. The van der Waals surface area contributed by atoms with Crippen LogP contribution in [0.3, 0.4) is 0 Å². The van der Waals surface area contributed by atoms with E-state index >= 15 is 4.39 Å². The van der Waals surface area contributed by atoms with E-state index in [9.17, 15) is 14.0 Å². The first-order valence-corrected chi connectivity index (χ1v) is 12.8. The van der Waals surface area contributed by atoms with Crippen molar-refractivity contribution < 1.29 is 18.4 Å². The molecule has 2 aromatic carbocycles. The van der Waals surface area contributed by atoms with Crippen molar-refractivity contribution in [1.29, 1.82) is 0 Å². The molecule has 190 valence electrons. The summed E-state index contributed by atoms with van der Waals surface area (Å²) in [4.78, 5) is 28.8. The molecular formula is C29H33F2N3O2. The van der Waals surface area contributed by atoms with E-state index in [-0.39, 0.29) is 35.3 Å². The number of hydrogen-bond acceptors (Lipinski definition) is 4. The molecule has 5 nitrogen and oxygen atoms in total. The van der Waals surface area contributed by atoms with Crippen molar-refractivity contribution in [2.75, 3.05) is 16.8 Å². The molecule has 1 amide bonds. The fourth-order valence-electron chi connectivity index (χ4n) is 5.95. The smallest absolute Gasteiger partial charge is 0.239 e. The Bertz CT molecular complexity index is 1220. The van der Waals surface area contributed by atoms with Crippen molar-refractivity contribution in [3.8, 4) is 0 Å². The Balaban J connectivity index is 1.63. The molecule has 1 saturated carbocycles. The summed E-state index contributed by atoms with van der Waals surface area (Å²) in [6.45, 7) is 4.02. The Kier molecular flexibility index (Phi) is 6.58. The highest BCUT2D eigenvalue weighted by Gasteiger charge is 2.42. The van der Waals surface area contributed by atoms with Crippen molar-refractivity contribution in [2.45, 2.75) is 70.9 Å². The van der Waals surface area contributed by atoms with Crippen molar-refractivity contribution in [3.05, 3.63) is 70.9 Å². The zero-order chi connectivity index (χ0) is 25.4. The number of halogens is 2. The number of anilines is 2. The molecular weight excluding hydrogens is 460 g/mol. The standard InChI is InChI=1S/C29H33F2N3O2/c1-29(2)15-23-27(25(35)16-29)28(20-13-12-18(30)14-21(20)31)34(24-11-7-6-10-22(24)33-23)17-26(36)32-19-8-4-3-5-9-19/h6-7,10-14,19,28,33H,3-5,8-9,15-17H2,1-2H3,(H,32,36). The topological polar surface area (TPSA) is 61.4 Å². The van der Waals surface area contributed by atoms with Gasteiger partial charge in [0.05, 0.1) is 24.0 Å². The Morgan fingerprint density at radius 2 is 1.83 bits per heavy atom. The maximum Gasteiger partial charge on any atom is 0.239 e. The van der Waals surface area contributed by atoms with Crippen LogP contribution in [0.5, 0.6) is 0 Å². The number of benzene rings is 2. The lowest BCUT2D eigenvalue weighted by molar-refractivity contribution is -0.121. The van der Waals surface area contributed by atoms with E-state index in [1.807, 2.05) is 38.1 Å². The van der Waals surface area contributed by atoms with Crippen LogP contribution in [0.2, 0.25) is 0 Å². The minimum atomic E-state index is -0.863. The lowest BCUT2D eigenvalue weighted by Gasteiger charge is -2.38. The minimum absolute atomic E-state index is 0.0515. The predicted octanol–water partition coefficient (Wildman–Crippen LogP) is 6.03. The fraction of sp³-hybridized carbons (Fsp3) is 0.448. The number of fused-ring (bicyclic) bond motifs is 1.